The van der Waals surface area contributed by atoms with Crippen molar-refractivity contribution in [3.63, 3.8) is 0 Å². The van der Waals surface area contributed by atoms with Crippen molar-refractivity contribution in [2.24, 2.45) is 0 Å². The van der Waals surface area contributed by atoms with Crippen LogP contribution in [0.15, 0.2) is 6.20 Å². The fourth-order valence-corrected chi connectivity index (χ4v) is 1.98. The second-order valence-corrected chi connectivity index (χ2v) is 4.00. The second kappa shape index (κ2) is 4.47. The third kappa shape index (κ3) is 2.19. The highest BCUT2D eigenvalue weighted by Gasteiger charge is 2.14. The monoisotopic (exact) mass is 206 g/mol. The van der Waals surface area contributed by atoms with E-state index in [1.165, 1.54) is 19.3 Å². The zero-order valence-corrected chi connectivity index (χ0v) is 9.45. The summed E-state index contributed by atoms with van der Waals surface area (Å²) in [5.41, 5.74) is 1.16. The van der Waals surface area contributed by atoms with Gasteiger partial charge in [-0.15, -0.1) is 0 Å². The van der Waals surface area contributed by atoms with Crippen LogP contribution in [-0.4, -0.2) is 30.1 Å². The van der Waals surface area contributed by atoms with Gasteiger partial charge in [0.1, 0.15) is 5.82 Å². The van der Waals surface area contributed by atoms with E-state index >= 15 is 0 Å². The average molecular weight is 206 g/mol. The van der Waals surface area contributed by atoms with Gasteiger partial charge in [0, 0.05) is 31.9 Å². The molecule has 1 aromatic heterocycles. The minimum atomic E-state index is 0.709. The van der Waals surface area contributed by atoms with Gasteiger partial charge in [-0.05, 0) is 26.2 Å². The molecule has 2 heterocycles. The standard InChI is InChI=1S/C11H18N4/c1-9-8-13-11(12-2)14-10(9)15-6-4-3-5-7-15/h8H,3-7H2,1-2H3,(H,12,13,14). The zero-order chi connectivity index (χ0) is 10.7. The van der Waals surface area contributed by atoms with E-state index in [0.717, 1.165) is 24.5 Å². The third-order valence-electron chi connectivity index (χ3n) is 2.82. The molecule has 0 amide bonds. The number of piperidine rings is 1. The number of rotatable bonds is 2. The van der Waals surface area contributed by atoms with Gasteiger partial charge in [0.15, 0.2) is 0 Å². The van der Waals surface area contributed by atoms with Crippen molar-refractivity contribution in [3.8, 4) is 0 Å². The van der Waals surface area contributed by atoms with Gasteiger partial charge in [-0.2, -0.15) is 4.98 Å². The molecule has 0 atom stereocenters. The summed E-state index contributed by atoms with van der Waals surface area (Å²) in [5.74, 6) is 1.80. The highest BCUT2D eigenvalue weighted by molar-refractivity contribution is 5.49. The Morgan fingerprint density at radius 1 is 1.27 bits per heavy atom. The lowest BCUT2D eigenvalue weighted by Gasteiger charge is -2.28. The molecule has 2 rings (SSSR count). The Kier molecular flexibility index (Phi) is 3.04. The lowest BCUT2D eigenvalue weighted by atomic mass is 10.1. The molecule has 1 fully saturated rings. The first-order valence-electron chi connectivity index (χ1n) is 5.57. The fourth-order valence-electron chi connectivity index (χ4n) is 1.98. The van der Waals surface area contributed by atoms with Crippen molar-refractivity contribution in [2.45, 2.75) is 26.2 Å². The topological polar surface area (TPSA) is 41.1 Å². The van der Waals surface area contributed by atoms with Gasteiger partial charge >= 0.3 is 0 Å². The summed E-state index contributed by atoms with van der Waals surface area (Å²) in [5, 5.41) is 2.98. The maximum absolute atomic E-state index is 4.52. The van der Waals surface area contributed by atoms with E-state index in [1.807, 2.05) is 13.2 Å². The molecule has 1 saturated heterocycles. The van der Waals surface area contributed by atoms with Crippen LogP contribution in [0.2, 0.25) is 0 Å². The number of nitrogens with one attached hydrogen (secondary N) is 1. The van der Waals surface area contributed by atoms with Crippen LogP contribution >= 0.6 is 0 Å². The van der Waals surface area contributed by atoms with E-state index in [1.54, 1.807) is 0 Å². The van der Waals surface area contributed by atoms with Crippen LogP contribution in [0.3, 0.4) is 0 Å². The van der Waals surface area contributed by atoms with Crippen molar-refractivity contribution in [1.29, 1.82) is 0 Å². The minimum Gasteiger partial charge on any atom is -0.357 e. The zero-order valence-electron chi connectivity index (χ0n) is 9.45. The highest BCUT2D eigenvalue weighted by Crippen LogP contribution is 2.21. The molecule has 1 aliphatic rings. The van der Waals surface area contributed by atoms with Gasteiger partial charge in [0.05, 0.1) is 0 Å². The molecular formula is C11H18N4. The average Bonchev–Trinajstić information content (AvgIpc) is 2.31. The molecule has 1 N–H and O–H groups in total. The van der Waals surface area contributed by atoms with E-state index in [9.17, 15) is 0 Å². The molecule has 0 radical (unpaired) electrons. The summed E-state index contributed by atoms with van der Waals surface area (Å²) in [6.45, 7) is 4.32. The summed E-state index contributed by atoms with van der Waals surface area (Å²) in [4.78, 5) is 11.1. The first-order chi connectivity index (χ1) is 7.31. The molecule has 0 saturated carbocycles. The van der Waals surface area contributed by atoms with E-state index < -0.39 is 0 Å². The van der Waals surface area contributed by atoms with Crippen LogP contribution in [-0.2, 0) is 0 Å². The smallest absolute Gasteiger partial charge is 0.224 e. The molecule has 1 aromatic rings. The van der Waals surface area contributed by atoms with E-state index in [4.69, 9.17) is 0 Å². The van der Waals surface area contributed by atoms with Crippen molar-refractivity contribution in [2.75, 3.05) is 30.4 Å². The normalized spacial score (nSPS) is 16.5. The molecule has 4 nitrogen and oxygen atoms in total. The molecular weight excluding hydrogens is 188 g/mol. The van der Waals surface area contributed by atoms with Gasteiger partial charge in [-0.25, -0.2) is 4.98 Å². The van der Waals surface area contributed by atoms with Crippen molar-refractivity contribution in [1.82, 2.24) is 9.97 Å². The molecule has 0 spiro atoms. The predicted molar refractivity (Wildman–Crippen MR) is 62.4 cm³/mol. The maximum Gasteiger partial charge on any atom is 0.224 e. The maximum atomic E-state index is 4.52. The Bertz CT molecular complexity index is 331. The van der Waals surface area contributed by atoms with Crippen LogP contribution in [0.25, 0.3) is 0 Å². The van der Waals surface area contributed by atoms with Crippen LogP contribution in [0.1, 0.15) is 24.8 Å². The van der Waals surface area contributed by atoms with Crippen LogP contribution < -0.4 is 10.2 Å². The van der Waals surface area contributed by atoms with Crippen LogP contribution in [0.5, 0.6) is 0 Å². The predicted octanol–water partition coefficient (Wildman–Crippen LogP) is 1.82. The summed E-state index contributed by atoms with van der Waals surface area (Å²) < 4.78 is 0. The largest absolute Gasteiger partial charge is 0.357 e. The Morgan fingerprint density at radius 2 is 2.00 bits per heavy atom. The molecule has 4 heteroatoms. The molecule has 82 valence electrons. The lowest BCUT2D eigenvalue weighted by molar-refractivity contribution is 0.572. The van der Waals surface area contributed by atoms with Gasteiger partial charge in [0.25, 0.3) is 0 Å². The molecule has 0 unspecified atom stereocenters. The highest BCUT2D eigenvalue weighted by atomic mass is 15.2. The number of aromatic nitrogens is 2. The van der Waals surface area contributed by atoms with E-state index in [0.29, 0.717) is 5.95 Å². The van der Waals surface area contributed by atoms with Gasteiger partial charge in [-0.3, -0.25) is 0 Å². The fraction of sp³-hybridized carbons (Fsp3) is 0.636. The second-order valence-electron chi connectivity index (χ2n) is 4.00. The Morgan fingerprint density at radius 3 is 2.67 bits per heavy atom. The molecule has 1 aliphatic heterocycles. The van der Waals surface area contributed by atoms with Gasteiger partial charge in [0.2, 0.25) is 5.95 Å². The Labute approximate surface area is 90.7 Å². The molecule has 0 bridgehead atoms. The first-order valence-corrected chi connectivity index (χ1v) is 5.57. The van der Waals surface area contributed by atoms with Gasteiger partial charge < -0.3 is 10.2 Å². The summed E-state index contributed by atoms with van der Waals surface area (Å²) >= 11 is 0. The number of nitrogens with zero attached hydrogens (tertiary/aromatic N) is 3. The molecule has 0 aliphatic carbocycles. The summed E-state index contributed by atoms with van der Waals surface area (Å²) in [6, 6.07) is 0. The van der Waals surface area contributed by atoms with E-state index in [2.05, 4.69) is 27.1 Å². The number of anilines is 2. The van der Waals surface area contributed by atoms with E-state index in [-0.39, 0.29) is 0 Å². The SMILES string of the molecule is CNc1ncc(C)c(N2CCCCC2)n1. The van der Waals surface area contributed by atoms with Crippen molar-refractivity contribution >= 4 is 11.8 Å². The Hall–Kier alpha value is -1.32. The lowest BCUT2D eigenvalue weighted by Crippen LogP contribution is -2.31. The Balaban J connectivity index is 2.24. The summed E-state index contributed by atoms with van der Waals surface area (Å²) in [7, 11) is 1.85. The van der Waals surface area contributed by atoms with Crippen LogP contribution in [0, 0.1) is 6.92 Å². The van der Waals surface area contributed by atoms with Gasteiger partial charge in [-0.1, -0.05) is 0 Å². The third-order valence-corrected chi connectivity index (χ3v) is 2.82. The molecule has 15 heavy (non-hydrogen) atoms. The van der Waals surface area contributed by atoms with Crippen molar-refractivity contribution in [3.05, 3.63) is 11.8 Å². The number of hydrogen-bond donors (Lipinski definition) is 1. The quantitative estimate of drug-likeness (QED) is 0.801. The number of aryl methyl sites for hydroxylation is 1. The van der Waals surface area contributed by atoms with Crippen LogP contribution in [0.4, 0.5) is 11.8 Å². The summed E-state index contributed by atoms with van der Waals surface area (Å²) in [6.07, 6.45) is 5.79. The minimum absolute atomic E-state index is 0.709. The first kappa shape index (κ1) is 10.2. The van der Waals surface area contributed by atoms with Crippen molar-refractivity contribution < 1.29 is 0 Å². The molecule has 0 aromatic carbocycles. The number of hydrogen-bond acceptors (Lipinski definition) is 4.